The summed E-state index contributed by atoms with van der Waals surface area (Å²) in [6, 6.07) is 3.92. The largest absolute Gasteiger partial charge is 0.507 e. The van der Waals surface area contributed by atoms with Gasteiger partial charge in [-0.15, -0.1) is 0 Å². The van der Waals surface area contributed by atoms with Gasteiger partial charge in [-0.25, -0.2) is 0 Å². The van der Waals surface area contributed by atoms with Gasteiger partial charge in [-0.1, -0.05) is 41.5 Å². The first-order chi connectivity index (χ1) is 11.4. The molecule has 1 aliphatic rings. The van der Waals surface area contributed by atoms with Crippen LogP contribution in [0.5, 0.6) is 5.75 Å². The molecule has 1 aromatic rings. The lowest BCUT2D eigenvalue weighted by molar-refractivity contribution is -0.111. The molecule has 134 valence electrons. The first-order valence-corrected chi connectivity index (χ1v) is 8.51. The molecule has 0 spiro atoms. The maximum atomic E-state index is 12.2. The molecule has 0 radical (unpaired) electrons. The van der Waals surface area contributed by atoms with Gasteiger partial charge in [0.05, 0.1) is 7.11 Å². The van der Waals surface area contributed by atoms with Gasteiger partial charge < -0.3 is 9.84 Å². The van der Waals surface area contributed by atoms with E-state index >= 15 is 0 Å². The Bertz CT molecular complexity index is 743. The number of ether oxygens (including phenoxy) is 1. The number of rotatable bonds is 2. The molecule has 0 fully saturated rings. The summed E-state index contributed by atoms with van der Waals surface area (Å²) in [4.78, 5) is 12.2. The van der Waals surface area contributed by atoms with E-state index in [9.17, 15) is 9.90 Å². The van der Waals surface area contributed by atoms with Gasteiger partial charge in [-0.2, -0.15) is 0 Å². The molecule has 1 aromatic carbocycles. The summed E-state index contributed by atoms with van der Waals surface area (Å²) in [5, 5.41) is 10.8. The van der Waals surface area contributed by atoms with Gasteiger partial charge in [0.1, 0.15) is 11.5 Å². The Labute approximate surface area is 150 Å². The second kappa shape index (κ2) is 6.55. The molecule has 25 heavy (non-hydrogen) atoms. The second-order valence-electron chi connectivity index (χ2n) is 8.51. The van der Waals surface area contributed by atoms with Crippen molar-refractivity contribution < 1.29 is 14.6 Å². The molecule has 0 bridgehead atoms. The van der Waals surface area contributed by atoms with E-state index in [-0.39, 0.29) is 16.6 Å². The molecule has 0 saturated heterocycles. The molecule has 0 unspecified atom stereocenters. The Morgan fingerprint density at radius 2 is 1.48 bits per heavy atom. The molecule has 0 heterocycles. The monoisotopic (exact) mass is 340 g/mol. The van der Waals surface area contributed by atoms with Crippen LogP contribution in [-0.4, -0.2) is 18.0 Å². The number of phenolic OH excluding ortho intramolecular Hbond substituents is 1. The van der Waals surface area contributed by atoms with Crippen LogP contribution in [0.15, 0.2) is 41.7 Å². The van der Waals surface area contributed by atoms with E-state index < -0.39 is 0 Å². The third-order valence-corrected chi connectivity index (χ3v) is 4.29. The van der Waals surface area contributed by atoms with Gasteiger partial charge in [0.2, 0.25) is 0 Å². The molecule has 1 N–H and O–H groups in total. The van der Waals surface area contributed by atoms with Crippen LogP contribution >= 0.6 is 0 Å². The molecular formula is C22H28O3. The lowest BCUT2D eigenvalue weighted by Gasteiger charge is -2.28. The standard InChI is InChI=1S/C22H28O3/c1-21(2,3)17-11-14(12-18(20(17)24)22(4,5)6)10-15-13-16(25-7)8-9-19(15)23/h8-13,24H,1-7H3. The van der Waals surface area contributed by atoms with Gasteiger partial charge in [0.15, 0.2) is 5.78 Å². The number of carbonyl (C=O) groups excluding carboxylic acids is 1. The summed E-state index contributed by atoms with van der Waals surface area (Å²) in [6.07, 6.45) is 6.77. The van der Waals surface area contributed by atoms with E-state index in [1.54, 1.807) is 19.3 Å². The van der Waals surface area contributed by atoms with Gasteiger partial charge >= 0.3 is 0 Å². The molecule has 1 aliphatic carbocycles. The van der Waals surface area contributed by atoms with Crippen molar-refractivity contribution in [3.8, 4) is 5.75 Å². The molecule has 0 atom stereocenters. The predicted octanol–water partition coefficient (Wildman–Crippen LogP) is 5.04. The van der Waals surface area contributed by atoms with Crippen LogP contribution in [0.4, 0.5) is 0 Å². The van der Waals surface area contributed by atoms with Crippen LogP contribution < -0.4 is 0 Å². The highest BCUT2D eigenvalue weighted by atomic mass is 16.5. The number of carbonyl (C=O) groups is 1. The van der Waals surface area contributed by atoms with Crippen molar-refractivity contribution in [2.75, 3.05) is 7.11 Å². The van der Waals surface area contributed by atoms with Crippen molar-refractivity contribution >= 4 is 11.9 Å². The second-order valence-corrected chi connectivity index (χ2v) is 8.51. The zero-order valence-electron chi connectivity index (χ0n) is 16.2. The van der Waals surface area contributed by atoms with Gasteiger partial charge in [-0.3, -0.25) is 4.79 Å². The van der Waals surface area contributed by atoms with Crippen molar-refractivity contribution in [1.29, 1.82) is 0 Å². The van der Waals surface area contributed by atoms with E-state index in [0.29, 0.717) is 17.1 Å². The Kier molecular flexibility index (Phi) is 4.99. The van der Waals surface area contributed by atoms with Gasteiger partial charge in [0.25, 0.3) is 0 Å². The van der Waals surface area contributed by atoms with E-state index in [1.807, 2.05) is 18.2 Å². The normalized spacial score (nSPS) is 17.0. The van der Waals surface area contributed by atoms with E-state index in [0.717, 1.165) is 16.7 Å². The third-order valence-electron chi connectivity index (χ3n) is 4.29. The van der Waals surface area contributed by atoms with E-state index in [4.69, 9.17) is 4.74 Å². The maximum absolute atomic E-state index is 12.2. The molecule has 3 nitrogen and oxygen atoms in total. The van der Waals surface area contributed by atoms with Crippen LogP contribution in [0.2, 0.25) is 0 Å². The summed E-state index contributed by atoms with van der Waals surface area (Å²) in [5.41, 5.74) is 2.82. The summed E-state index contributed by atoms with van der Waals surface area (Å²) < 4.78 is 5.22. The molecule has 0 aliphatic heterocycles. The average molecular weight is 340 g/mol. The smallest absolute Gasteiger partial charge is 0.186 e. The minimum atomic E-state index is -0.206. The quantitative estimate of drug-likeness (QED) is 0.767. The molecule has 0 amide bonds. The molecule has 2 rings (SSSR count). The summed E-state index contributed by atoms with van der Waals surface area (Å²) >= 11 is 0. The van der Waals surface area contributed by atoms with Crippen LogP contribution in [0, 0.1) is 0 Å². The fraction of sp³-hybridized carbons (Fsp3) is 0.409. The zero-order chi connectivity index (χ0) is 19.0. The summed E-state index contributed by atoms with van der Waals surface area (Å²) in [7, 11) is 1.58. The zero-order valence-corrected chi connectivity index (χ0v) is 16.2. The Balaban J connectivity index is 2.66. The van der Waals surface area contributed by atoms with E-state index in [1.165, 1.54) is 6.08 Å². The Morgan fingerprint density at radius 3 is 1.92 bits per heavy atom. The Morgan fingerprint density at radius 1 is 0.960 bits per heavy atom. The topological polar surface area (TPSA) is 46.5 Å². The number of benzene rings is 1. The highest BCUT2D eigenvalue weighted by molar-refractivity contribution is 6.10. The molecule has 3 heteroatoms. The minimum absolute atomic E-state index is 0.0523. The SMILES string of the molecule is COC1=CC(=Cc2cc(C(C)(C)C)c(O)c(C(C)(C)C)c2)C(=O)C=C1. The van der Waals surface area contributed by atoms with Crippen molar-refractivity contribution in [3.05, 3.63) is 58.4 Å². The summed E-state index contributed by atoms with van der Waals surface area (Å²) in [5.74, 6) is 0.936. The predicted molar refractivity (Wildman–Crippen MR) is 103 cm³/mol. The number of allylic oxidation sites excluding steroid dienone is 4. The van der Waals surface area contributed by atoms with Crippen LogP contribution in [0.1, 0.15) is 58.2 Å². The molecule has 0 saturated carbocycles. The number of phenols is 1. The average Bonchev–Trinajstić information content (AvgIpc) is 2.48. The minimum Gasteiger partial charge on any atom is -0.507 e. The number of hydrogen-bond acceptors (Lipinski definition) is 3. The fourth-order valence-electron chi connectivity index (χ4n) is 2.83. The first kappa shape index (κ1) is 19.0. The lowest BCUT2D eigenvalue weighted by atomic mass is 9.78. The van der Waals surface area contributed by atoms with Crippen LogP contribution in [0.25, 0.3) is 6.08 Å². The first-order valence-electron chi connectivity index (χ1n) is 8.51. The third kappa shape index (κ3) is 4.22. The highest BCUT2D eigenvalue weighted by Gasteiger charge is 2.26. The molecular weight excluding hydrogens is 312 g/mol. The van der Waals surface area contributed by atoms with Crippen LogP contribution in [-0.2, 0) is 20.4 Å². The number of hydrogen-bond donors (Lipinski definition) is 1. The molecule has 0 aromatic heterocycles. The number of ketones is 1. The summed E-state index contributed by atoms with van der Waals surface area (Å²) in [6.45, 7) is 12.4. The van der Waals surface area contributed by atoms with Gasteiger partial charge in [-0.05, 0) is 52.8 Å². The van der Waals surface area contributed by atoms with Crippen molar-refractivity contribution in [1.82, 2.24) is 0 Å². The fourth-order valence-corrected chi connectivity index (χ4v) is 2.83. The lowest BCUT2D eigenvalue weighted by Crippen LogP contribution is -2.17. The van der Waals surface area contributed by atoms with Crippen molar-refractivity contribution in [3.63, 3.8) is 0 Å². The van der Waals surface area contributed by atoms with Crippen LogP contribution in [0.3, 0.4) is 0 Å². The maximum Gasteiger partial charge on any atom is 0.186 e. The highest BCUT2D eigenvalue weighted by Crippen LogP contribution is 2.40. The van der Waals surface area contributed by atoms with Gasteiger partial charge in [0, 0.05) is 16.7 Å². The number of methoxy groups -OCH3 is 1. The Hall–Kier alpha value is -2.29. The van der Waals surface area contributed by atoms with E-state index in [2.05, 4.69) is 41.5 Å². The van der Waals surface area contributed by atoms with Crippen molar-refractivity contribution in [2.24, 2.45) is 0 Å². The number of aromatic hydroxyl groups is 1. The van der Waals surface area contributed by atoms with Crippen molar-refractivity contribution in [2.45, 2.75) is 52.4 Å².